The van der Waals surface area contributed by atoms with Crippen molar-refractivity contribution in [2.75, 3.05) is 32.5 Å². The lowest BCUT2D eigenvalue weighted by atomic mass is 10.1. The minimum absolute atomic E-state index is 0.105. The molecule has 1 N–H and O–H groups in total. The highest BCUT2D eigenvalue weighted by molar-refractivity contribution is 8.00. The fraction of sp³-hybridized carbons (Fsp3) is 0.571. The highest BCUT2D eigenvalue weighted by Crippen LogP contribution is 2.23. The third kappa shape index (κ3) is 7.54. The summed E-state index contributed by atoms with van der Waals surface area (Å²) in [6.07, 6.45) is 6.19. The van der Waals surface area contributed by atoms with E-state index in [1.807, 2.05) is 23.1 Å². The standard InChI is InChI=1S/C21H30N2O4S/c1-27-20(25)12-4-2-3-7-13-22-21(26)17-10-5-6-11-18(17)28-16-19(24)23-14-8-9-15-23/h5-6,10-11H,2-4,7-9,12-16H2,1H3,(H,22,26). The number of methoxy groups -OCH3 is 1. The molecule has 0 atom stereocenters. The summed E-state index contributed by atoms with van der Waals surface area (Å²) in [5, 5.41) is 2.95. The van der Waals surface area contributed by atoms with Crippen molar-refractivity contribution < 1.29 is 19.1 Å². The van der Waals surface area contributed by atoms with E-state index in [4.69, 9.17) is 0 Å². The molecule has 0 aliphatic carbocycles. The van der Waals surface area contributed by atoms with Crippen LogP contribution in [0.2, 0.25) is 0 Å². The molecule has 0 aromatic heterocycles. The molecular formula is C21H30N2O4S. The highest BCUT2D eigenvalue weighted by Gasteiger charge is 2.19. The average Bonchev–Trinajstić information content (AvgIpc) is 3.26. The normalized spacial score (nSPS) is 13.4. The van der Waals surface area contributed by atoms with Gasteiger partial charge in [0.25, 0.3) is 5.91 Å². The Kier molecular flexibility index (Phi) is 9.90. The molecule has 1 aromatic carbocycles. The van der Waals surface area contributed by atoms with Gasteiger partial charge in [0.15, 0.2) is 0 Å². The van der Waals surface area contributed by atoms with Gasteiger partial charge in [-0.2, -0.15) is 0 Å². The quantitative estimate of drug-likeness (QED) is 0.347. The molecule has 1 heterocycles. The monoisotopic (exact) mass is 406 g/mol. The Morgan fingerprint density at radius 3 is 2.54 bits per heavy atom. The SMILES string of the molecule is COC(=O)CCCCCCNC(=O)c1ccccc1SCC(=O)N1CCCC1. The Morgan fingerprint density at radius 2 is 1.79 bits per heavy atom. The number of amides is 2. The molecular weight excluding hydrogens is 376 g/mol. The van der Waals surface area contributed by atoms with E-state index in [-0.39, 0.29) is 17.8 Å². The number of likely N-dealkylation sites (tertiary alicyclic amines) is 1. The molecule has 2 rings (SSSR count). The summed E-state index contributed by atoms with van der Waals surface area (Å²) in [6, 6.07) is 7.42. The maximum atomic E-state index is 12.5. The van der Waals surface area contributed by atoms with Gasteiger partial charge in [-0.15, -0.1) is 11.8 Å². The number of hydrogen-bond donors (Lipinski definition) is 1. The molecule has 0 bridgehead atoms. The largest absolute Gasteiger partial charge is 0.469 e. The molecule has 1 aliphatic rings. The van der Waals surface area contributed by atoms with Crippen molar-refractivity contribution in [3.05, 3.63) is 29.8 Å². The minimum atomic E-state index is -0.175. The van der Waals surface area contributed by atoms with Gasteiger partial charge < -0.3 is 15.0 Å². The van der Waals surface area contributed by atoms with Crippen LogP contribution in [0.25, 0.3) is 0 Å². The fourth-order valence-corrected chi connectivity index (χ4v) is 4.08. The minimum Gasteiger partial charge on any atom is -0.469 e. The smallest absolute Gasteiger partial charge is 0.305 e. The second-order valence-corrected chi connectivity index (χ2v) is 7.89. The molecule has 2 amide bonds. The number of ether oxygens (including phenoxy) is 1. The average molecular weight is 407 g/mol. The molecule has 1 fully saturated rings. The Hall–Kier alpha value is -2.02. The Morgan fingerprint density at radius 1 is 1.07 bits per heavy atom. The first-order valence-electron chi connectivity index (χ1n) is 9.96. The number of nitrogens with zero attached hydrogens (tertiary/aromatic N) is 1. The van der Waals surface area contributed by atoms with Gasteiger partial charge in [0.1, 0.15) is 0 Å². The molecule has 7 heteroatoms. The number of benzene rings is 1. The van der Waals surface area contributed by atoms with E-state index < -0.39 is 0 Å². The van der Waals surface area contributed by atoms with Crippen LogP contribution in [-0.2, 0) is 14.3 Å². The highest BCUT2D eigenvalue weighted by atomic mass is 32.2. The molecule has 0 spiro atoms. The first-order chi connectivity index (χ1) is 13.6. The Labute approximate surface area is 171 Å². The second-order valence-electron chi connectivity index (χ2n) is 6.87. The number of hydrogen-bond acceptors (Lipinski definition) is 5. The molecule has 6 nitrogen and oxygen atoms in total. The van der Waals surface area contributed by atoms with E-state index in [0.717, 1.165) is 56.5 Å². The Bertz CT molecular complexity index is 660. The molecule has 1 aromatic rings. The zero-order valence-corrected chi connectivity index (χ0v) is 17.4. The van der Waals surface area contributed by atoms with Crippen LogP contribution >= 0.6 is 11.8 Å². The summed E-state index contributed by atoms with van der Waals surface area (Å²) in [5.41, 5.74) is 0.618. The van der Waals surface area contributed by atoms with Crippen LogP contribution in [0.5, 0.6) is 0 Å². The van der Waals surface area contributed by atoms with Gasteiger partial charge in [0.2, 0.25) is 5.91 Å². The number of thioether (sulfide) groups is 1. The third-order valence-corrected chi connectivity index (χ3v) is 5.82. The lowest BCUT2D eigenvalue weighted by Gasteiger charge is -2.15. The molecule has 154 valence electrons. The van der Waals surface area contributed by atoms with Crippen molar-refractivity contribution in [2.45, 2.75) is 49.8 Å². The van der Waals surface area contributed by atoms with E-state index in [1.165, 1.54) is 18.9 Å². The van der Waals surface area contributed by atoms with Crippen LogP contribution in [0, 0.1) is 0 Å². The first kappa shape index (κ1) is 22.3. The Balaban J connectivity index is 1.71. The molecule has 0 unspecified atom stereocenters. The number of carbonyl (C=O) groups is 3. The zero-order valence-electron chi connectivity index (χ0n) is 16.6. The van der Waals surface area contributed by atoms with Crippen molar-refractivity contribution in [2.24, 2.45) is 0 Å². The summed E-state index contributed by atoms with van der Waals surface area (Å²) in [4.78, 5) is 38.5. The third-order valence-electron chi connectivity index (χ3n) is 4.76. The summed E-state index contributed by atoms with van der Waals surface area (Å²) in [7, 11) is 1.40. The molecule has 0 radical (unpaired) electrons. The summed E-state index contributed by atoms with van der Waals surface area (Å²) < 4.78 is 4.61. The number of nitrogens with one attached hydrogen (secondary N) is 1. The molecule has 1 aliphatic heterocycles. The van der Waals surface area contributed by atoms with Crippen molar-refractivity contribution in [1.82, 2.24) is 10.2 Å². The van der Waals surface area contributed by atoms with Crippen LogP contribution in [0.4, 0.5) is 0 Å². The van der Waals surface area contributed by atoms with Crippen LogP contribution in [0.15, 0.2) is 29.2 Å². The van der Waals surface area contributed by atoms with E-state index in [2.05, 4.69) is 10.1 Å². The van der Waals surface area contributed by atoms with Crippen molar-refractivity contribution in [3.8, 4) is 0 Å². The summed E-state index contributed by atoms with van der Waals surface area (Å²) >= 11 is 1.43. The number of esters is 1. The lowest BCUT2D eigenvalue weighted by molar-refractivity contribution is -0.140. The van der Waals surface area contributed by atoms with Gasteiger partial charge in [-0.05, 0) is 37.8 Å². The fourth-order valence-electron chi connectivity index (χ4n) is 3.12. The second kappa shape index (κ2) is 12.4. The number of carbonyl (C=O) groups excluding carboxylic acids is 3. The van der Waals surface area contributed by atoms with Gasteiger partial charge in [-0.3, -0.25) is 14.4 Å². The van der Waals surface area contributed by atoms with Crippen LogP contribution in [0.1, 0.15) is 55.3 Å². The van der Waals surface area contributed by atoms with E-state index >= 15 is 0 Å². The van der Waals surface area contributed by atoms with Gasteiger partial charge in [0, 0.05) is 31.0 Å². The van der Waals surface area contributed by atoms with Gasteiger partial charge in [0.05, 0.1) is 18.4 Å². The van der Waals surface area contributed by atoms with Crippen molar-refractivity contribution in [3.63, 3.8) is 0 Å². The number of unbranched alkanes of at least 4 members (excludes halogenated alkanes) is 3. The maximum absolute atomic E-state index is 12.5. The van der Waals surface area contributed by atoms with Crippen molar-refractivity contribution >= 4 is 29.5 Å². The number of rotatable bonds is 11. The maximum Gasteiger partial charge on any atom is 0.305 e. The zero-order chi connectivity index (χ0) is 20.2. The van der Waals surface area contributed by atoms with Crippen molar-refractivity contribution in [1.29, 1.82) is 0 Å². The first-order valence-corrected chi connectivity index (χ1v) is 10.9. The molecule has 0 saturated carbocycles. The van der Waals surface area contributed by atoms with Gasteiger partial charge in [-0.25, -0.2) is 0 Å². The van der Waals surface area contributed by atoms with Crippen LogP contribution in [-0.4, -0.2) is 55.2 Å². The predicted octanol–water partition coefficient (Wildman–Crippen LogP) is 3.25. The molecule has 1 saturated heterocycles. The van der Waals surface area contributed by atoms with E-state index in [9.17, 15) is 14.4 Å². The van der Waals surface area contributed by atoms with E-state index in [1.54, 1.807) is 6.07 Å². The van der Waals surface area contributed by atoms with E-state index in [0.29, 0.717) is 24.3 Å². The van der Waals surface area contributed by atoms with Crippen LogP contribution < -0.4 is 5.32 Å². The van der Waals surface area contributed by atoms with Gasteiger partial charge >= 0.3 is 5.97 Å². The van der Waals surface area contributed by atoms with Crippen LogP contribution in [0.3, 0.4) is 0 Å². The molecule has 28 heavy (non-hydrogen) atoms. The lowest BCUT2D eigenvalue weighted by Crippen LogP contribution is -2.29. The summed E-state index contributed by atoms with van der Waals surface area (Å²) in [6.45, 7) is 2.30. The topological polar surface area (TPSA) is 75.7 Å². The van der Waals surface area contributed by atoms with Gasteiger partial charge in [-0.1, -0.05) is 25.0 Å². The predicted molar refractivity (Wildman–Crippen MR) is 110 cm³/mol. The summed E-state index contributed by atoms with van der Waals surface area (Å²) in [5.74, 6) is 0.228.